The predicted molar refractivity (Wildman–Crippen MR) is 116 cm³/mol. The number of likely N-dealkylation sites (tertiary alicyclic amines) is 1. The third-order valence-electron chi connectivity index (χ3n) is 6.88. The molecule has 1 aromatic heterocycles. The van der Waals surface area contributed by atoms with Gasteiger partial charge in [-0.3, -0.25) is 9.69 Å². The maximum atomic E-state index is 13.2. The van der Waals surface area contributed by atoms with E-state index >= 15 is 0 Å². The van der Waals surface area contributed by atoms with Crippen molar-refractivity contribution in [2.75, 3.05) is 33.3 Å². The summed E-state index contributed by atoms with van der Waals surface area (Å²) in [6.07, 6.45) is 3.32. The van der Waals surface area contributed by atoms with E-state index in [1.54, 1.807) is 7.11 Å². The van der Waals surface area contributed by atoms with Crippen molar-refractivity contribution >= 4 is 0 Å². The third-order valence-corrected chi connectivity index (χ3v) is 6.88. The molecule has 0 aliphatic carbocycles. The fourth-order valence-corrected chi connectivity index (χ4v) is 5.28. The van der Waals surface area contributed by atoms with Crippen LogP contribution in [0.25, 0.3) is 0 Å². The van der Waals surface area contributed by atoms with Crippen molar-refractivity contribution in [1.29, 1.82) is 0 Å². The van der Waals surface area contributed by atoms with E-state index < -0.39 is 0 Å². The normalized spacial score (nSPS) is 24.3. The molecule has 0 unspecified atom stereocenters. The lowest BCUT2D eigenvalue weighted by Gasteiger charge is -2.38. The van der Waals surface area contributed by atoms with Crippen molar-refractivity contribution < 1.29 is 9.47 Å². The molecule has 2 atom stereocenters. The monoisotopic (exact) mass is 409 g/mol. The van der Waals surface area contributed by atoms with Gasteiger partial charge in [0, 0.05) is 49.9 Å². The number of methoxy groups -OCH3 is 1. The number of nitrogens with one attached hydrogen (secondary N) is 1. The summed E-state index contributed by atoms with van der Waals surface area (Å²) < 4.78 is 13.7. The fraction of sp³-hybridized carbons (Fsp3) is 0.542. The van der Waals surface area contributed by atoms with Gasteiger partial charge in [0.15, 0.2) is 11.5 Å². The number of piperidine rings is 2. The summed E-state index contributed by atoms with van der Waals surface area (Å²) in [6, 6.07) is 12.1. The van der Waals surface area contributed by atoms with E-state index in [0.29, 0.717) is 11.8 Å². The zero-order valence-corrected chi connectivity index (χ0v) is 17.7. The standard InChI is InChI=1S/C24H31N3O3/c1-29-22-4-2-3-5-23(22)30-20-8-10-26(11-9-20)16-18-6-7-21-19-12-17(13-25-14-19)15-27(21)24(18)28/h2-7,17,19-20,25H,8-16H2,1H3/t17-,19+/m0/s1. The number of aromatic nitrogens is 1. The highest BCUT2D eigenvalue weighted by molar-refractivity contribution is 5.39. The molecule has 2 bridgehead atoms. The first kappa shape index (κ1) is 19.6. The van der Waals surface area contributed by atoms with E-state index in [1.165, 1.54) is 12.1 Å². The zero-order valence-electron chi connectivity index (χ0n) is 17.7. The lowest BCUT2D eigenvalue weighted by Crippen LogP contribution is -2.46. The minimum Gasteiger partial charge on any atom is -0.493 e. The number of hydrogen-bond donors (Lipinski definition) is 1. The van der Waals surface area contributed by atoms with E-state index in [0.717, 1.165) is 69.2 Å². The minimum atomic E-state index is 0.189. The van der Waals surface area contributed by atoms with Crippen LogP contribution in [-0.4, -0.2) is 48.9 Å². The highest BCUT2D eigenvalue weighted by Gasteiger charge is 2.31. The average molecular weight is 410 g/mol. The molecule has 6 heteroatoms. The molecule has 1 aromatic carbocycles. The second-order valence-corrected chi connectivity index (χ2v) is 8.90. The summed E-state index contributed by atoms with van der Waals surface area (Å²) in [5.41, 5.74) is 2.36. The molecule has 5 rings (SSSR count). The molecule has 2 saturated heterocycles. The number of fused-ring (bicyclic) bond motifs is 4. The zero-order chi connectivity index (χ0) is 20.5. The molecule has 4 heterocycles. The van der Waals surface area contributed by atoms with Gasteiger partial charge in [-0.1, -0.05) is 18.2 Å². The lowest BCUT2D eigenvalue weighted by atomic mass is 9.84. The van der Waals surface area contributed by atoms with Crippen LogP contribution < -0.4 is 20.3 Å². The van der Waals surface area contributed by atoms with Crippen LogP contribution in [0.4, 0.5) is 0 Å². The van der Waals surface area contributed by atoms with E-state index in [9.17, 15) is 4.79 Å². The van der Waals surface area contributed by atoms with Crippen LogP contribution in [0.15, 0.2) is 41.2 Å². The fourth-order valence-electron chi connectivity index (χ4n) is 5.28. The van der Waals surface area contributed by atoms with Crippen LogP contribution in [-0.2, 0) is 13.1 Å². The summed E-state index contributed by atoms with van der Waals surface area (Å²) in [5, 5.41) is 3.51. The number of pyridine rings is 1. The Kier molecular flexibility index (Phi) is 5.52. The van der Waals surface area contributed by atoms with Crippen LogP contribution in [0.2, 0.25) is 0 Å². The van der Waals surface area contributed by atoms with Gasteiger partial charge >= 0.3 is 0 Å². The van der Waals surface area contributed by atoms with Crippen molar-refractivity contribution in [3.63, 3.8) is 0 Å². The Morgan fingerprint density at radius 2 is 1.87 bits per heavy atom. The van der Waals surface area contributed by atoms with Gasteiger partial charge in [-0.15, -0.1) is 0 Å². The highest BCUT2D eigenvalue weighted by atomic mass is 16.5. The van der Waals surface area contributed by atoms with Crippen LogP contribution >= 0.6 is 0 Å². The summed E-state index contributed by atoms with van der Waals surface area (Å²) in [7, 11) is 1.67. The first-order valence-corrected chi connectivity index (χ1v) is 11.2. The van der Waals surface area contributed by atoms with Gasteiger partial charge in [0.2, 0.25) is 0 Å². The maximum absolute atomic E-state index is 13.2. The number of nitrogens with zero attached hydrogens (tertiary/aromatic N) is 2. The molecule has 1 N–H and O–H groups in total. The molecule has 0 amide bonds. The molecule has 0 spiro atoms. The van der Waals surface area contributed by atoms with E-state index in [2.05, 4.69) is 26.9 Å². The lowest BCUT2D eigenvalue weighted by molar-refractivity contribution is 0.0939. The first-order valence-electron chi connectivity index (χ1n) is 11.2. The summed E-state index contributed by atoms with van der Waals surface area (Å²) in [6.45, 7) is 5.50. The smallest absolute Gasteiger partial charge is 0.255 e. The van der Waals surface area contributed by atoms with Crippen molar-refractivity contribution in [2.24, 2.45) is 5.92 Å². The summed E-state index contributed by atoms with van der Waals surface area (Å²) >= 11 is 0. The van der Waals surface area contributed by atoms with Crippen molar-refractivity contribution in [2.45, 2.75) is 44.4 Å². The first-order chi connectivity index (χ1) is 14.7. The van der Waals surface area contributed by atoms with E-state index in [4.69, 9.17) is 9.47 Å². The summed E-state index contributed by atoms with van der Waals surface area (Å²) in [4.78, 5) is 15.6. The van der Waals surface area contributed by atoms with Crippen LogP contribution in [0.3, 0.4) is 0 Å². The van der Waals surface area contributed by atoms with Crippen LogP contribution in [0, 0.1) is 5.92 Å². The average Bonchev–Trinajstić information content (AvgIpc) is 2.78. The number of hydrogen-bond acceptors (Lipinski definition) is 5. The molecule has 2 aromatic rings. The third kappa shape index (κ3) is 3.86. The molecule has 0 saturated carbocycles. The second kappa shape index (κ2) is 8.44. The van der Waals surface area contributed by atoms with E-state index in [-0.39, 0.29) is 11.7 Å². The summed E-state index contributed by atoms with van der Waals surface area (Å²) in [5.74, 6) is 2.67. The van der Waals surface area contributed by atoms with Gasteiger partial charge in [-0.05, 0) is 49.9 Å². The Balaban J connectivity index is 1.22. The molecule has 30 heavy (non-hydrogen) atoms. The van der Waals surface area contributed by atoms with Gasteiger partial charge in [0.25, 0.3) is 5.56 Å². The van der Waals surface area contributed by atoms with Gasteiger partial charge in [-0.2, -0.15) is 0 Å². The number of para-hydroxylation sites is 2. The van der Waals surface area contributed by atoms with Gasteiger partial charge in [0.05, 0.1) is 7.11 Å². The highest BCUT2D eigenvalue weighted by Crippen LogP contribution is 2.32. The largest absolute Gasteiger partial charge is 0.493 e. The Morgan fingerprint density at radius 3 is 2.67 bits per heavy atom. The Bertz CT molecular complexity index is 949. The Morgan fingerprint density at radius 1 is 1.07 bits per heavy atom. The quantitative estimate of drug-likeness (QED) is 0.823. The number of benzene rings is 1. The van der Waals surface area contributed by atoms with Gasteiger partial charge in [0.1, 0.15) is 6.10 Å². The van der Waals surface area contributed by atoms with Crippen molar-refractivity contribution in [3.8, 4) is 11.5 Å². The predicted octanol–water partition coefficient (Wildman–Crippen LogP) is 2.61. The number of ether oxygens (including phenoxy) is 2. The SMILES string of the molecule is COc1ccccc1OC1CCN(Cc2ccc3n(c2=O)C[C@@H]2CNC[C@H]3C2)CC1. The topological polar surface area (TPSA) is 55.7 Å². The molecular weight excluding hydrogens is 378 g/mol. The molecule has 160 valence electrons. The van der Waals surface area contributed by atoms with E-state index in [1.807, 2.05) is 24.3 Å². The van der Waals surface area contributed by atoms with Gasteiger partial charge in [-0.25, -0.2) is 0 Å². The second-order valence-electron chi connectivity index (χ2n) is 8.90. The number of rotatable bonds is 5. The molecule has 0 radical (unpaired) electrons. The Hall–Kier alpha value is -2.31. The molecular formula is C24H31N3O3. The maximum Gasteiger partial charge on any atom is 0.255 e. The molecule has 2 fully saturated rings. The Labute approximate surface area is 177 Å². The molecule has 3 aliphatic heterocycles. The van der Waals surface area contributed by atoms with Crippen LogP contribution in [0.1, 0.15) is 36.4 Å². The van der Waals surface area contributed by atoms with Crippen molar-refractivity contribution in [1.82, 2.24) is 14.8 Å². The minimum absolute atomic E-state index is 0.189. The molecule has 3 aliphatic rings. The van der Waals surface area contributed by atoms with Crippen LogP contribution in [0.5, 0.6) is 11.5 Å². The molecule has 6 nitrogen and oxygen atoms in total. The van der Waals surface area contributed by atoms with Crippen molar-refractivity contribution in [3.05, 3.63) is 58.0 Å². The van der Waals surface area contributed by atoms with Gasteiger partial charge < -0.3 is 19.4 Å².